The van der Waals surface area contributed by atoms with Crippen molar-refractivity contribution in [2.75, 3.05) is 25.0 Å². The fourth-order valence-electron chi connectivity index (χ4n) is 2.55. The van der Waals surface area contributed by atoms with Crippen LogP contribution in [0.2, 0.25) is 0 Å². The lowest BCUT2D eigenvalue weighted by molar-refractivity contribution is -0.384. The van der Waals surface area contributed by atoms with Gasteiger partial charge in [0.1, 0.15) is 5.69 Å². The van der Waals surface area contributed by atoms with Crippen molar-refractivity contribution in [3.8, 4) is 0 Å². The van der Waals surface area contributed by atoms with Crippen molar-refractivity contribution in [2.45, 2.75) is 25.8 Å². The van der Waals surface area contributed by atoms with E-state index in [4.69, 9.17) is 0 Å². The van der Waals surface area contributed by atoms with Gasteiger partial charge < -0.3 is 16.0 Å². The minimum Gasteiger partial charge on any atom is -0.379 e. The van der Waals surface area contributed by atoms with Crippen LogP contribution in [0.25, 0.3) is 0 Å². The number of halogens is 1. The molecule has 128 valence electrons. The summed E-state index contributed by atoms with van der Waals surface area (Å²) in [6.45, 7) is 4.29. The molecule has 0 radical (unpaired) electrons. The Labute approximate surface area is 141 Å². The van der Waals surface area contributed by atoms with Crippen LogP contribution in [0.1, 0.15) is 19.8 Å². The molecule has 1 fully saturated rings. The number of carbonyl (C=O) groups excluding carboxylic acids is 1. The molecule has 0 saturated carbocycles. The summed E-state index contributed by atoms with van der Waals surface area (Å²) in [5, 5.41) is 20.1. The Bertz CT molecular complexity index is 541. The summed E-state index contributed by atoms with van der Waals surface area (Å²) in [7, 11) is 0. The number of rotatable bonds is 6. The van der Waals surface area contributed by atoms with Crippen LogP contribution >= 0.6 is 12.4 Å². The van der Waals surface area contributed by atoms with Crippen molar-refractivity contribution in [3.05, 3.63) is 34.4 Å². The lowest BCUT2D eigenvalue weighted by atomic mass is 9.95. The van der Waals surface area contributed by atoms with E-state index >= 15 is 0 Å². The second-order valence-corrected chi connectivity index (χ2v) is 5.60. The molecule has 1 amide bonds. The molecule has 23 heavy (non-hydrogen) atoms. The number of nitrogens with zero attached hydrogens (tertiary/aromatic N) is 1. The summed E-state index contributed by atoms with van der Waals surface area (Å²) in [6.07, 6.45) is 1.34. The number of para-hydroxylation sites is 2. The second-order valence-electron chi connectivity index (χ2n) is 5.60. The Balaban J connectivity index is 0.00000264. The number of amides is 1. The van der Waals surface area contributed by atoms with Gasteiger partial charge in [0.25, 0.3) is 5.69 Å². The number of anilines is 1. The highest BCUT2D eigenvalue weighted by atomic mass is 35.5. The molecule has 0 aromatic heterocycles. The number of hydrogen-bond acceptors (Lipinski definition) is 5. The van der Waals surface area contributed by atoms with Crippen LogP contribution in [-0.2, 0) is 4.79 Å². The molecule has 3 N–H and O–H groups in total. The molecule has 0 spiro atoms. The van der Waals surface area contributed by atoms with Crippen LogP contribution < -0.4 is 16.0 Å². The van der Waals surface area contributed by atoms with Gasteiger partial charge in [0.2, 0.25) is 5.91 Å². The molecule has 0 bridgehead atoms. The minimum absolute atomic E-state index is 0. The van der Waals surface area contributed by atoms with E-state index in [1.54, 1.807) is 18.2 Å². The highest BCUT2D eigenvalue weighted by molar-refractivity contribution is 5.85. The van der Waals surface area contributed by atoms with Crippen LogP contribution in [0.15, 0.2) is 24.3 Å². The van der Waals surface area contributed by atoms with Crippen molar-refractivity contribution < 1.29 is 9.72 Å². The number of nitro benzene ring substituents is 1. The molecular weight excluding hydrogens is 320 g/mol. The molecule has 1 aromatic carbocycles. The molecule has 1 aliphatic rings. The van der Waals surface area contributed by atoms with E-state index in [2.05, 4.69) is 22.9 Å². The van der Waals surface area contributed by atoms with Crippen molar-refractivity contribution in [1.29, 1.82) is 0 Å². The highest BCUT2D eigenvalue weighted by Crippen LogP contribution is 2.22. The molecule has 2 rings (SSSR count). The predicted octanol–water partition coefficient (Wildman–Crippen LogP) is 1.93. The van der Waals surface area contributed by atoms with Crippen molar-refractivity contribution in [2.24, 2.45) is 5.92 Å². The normalized spacial score (nSPS) is 20.2. The van der Waals surface area contributed by atoms with Crippen molar-refractivity contribution in [3.63, 3.8) is 0 Å². The maximum Gasteiger partial charge on any atom is 0.292 e. The van der Waals surface area contributed by atoms with Gasteiger partial charge in [-0.1, -0.05) is 19.1 Å². The van der Waals surface area contributed by atoms with Crippen molar-refractivity contribution >= 4 is 29.7 Å². The predicted molar refractivity (Wildman–Crippen MR) is 92.0 cm³/mol. The number of piperidine rings is 1. The van der Waals surface area contributed by atoms with Gasteiger partial charge in [-0.2, -0.15) is 0 Å². The topological polar surface area (TPSA) is 96.3 Å². The van der Waals surface area contributed by atoms with Crippen molar-refractivity contribution in [1.82, 2.24) is 10.6 Å². The number of nitrogens with one attached hydrogen (secondary N) is 3. The molecule has 8 heteroatoms. The minimum atomic E-state index is -0.433. The summed E-state index contributed by atoms with van der Waals surface area (Å²) in [5.41, 5.74) is 0.459. The molecule has 1 heterocycles. The first-order valence-electron chi connectivity index (χ1n) is 7.55. The van der Waals surface area contributed by atoms with Crippen LogP contribution in [0.3, 0.4) is 0 Å². The average Bonchev–Trinajstić information content (AvgIpc) is 2.50. The monoisotopic (exact) mass is 342 g/mol. The molecule has 1 aromatic rings. The van der Waals surface area contributed by atoms with E-state index in [0.29, 0.717) is 18.2 Å². The lowest BCUT2D eigenvalue weighted by Gasteiger charge is -2.30. The number of benzene rings is 1. The lowest BCUT2D eigenvalue weighted by Crippen LogP contribution is -2.50. The van der Waals surface area contributed by atoms with Gasteiger partial charge in [0.05, 0.1) is 4.92 Å². The molecule has 7 nitrogen and oxygen atoms in total. The number of hydrogen-bond donors (Lipinski definition) is 3. The first kappa shape index (κ1) is 19.2. The van der Waals surface area contributed by atoms with E-state index in [-0.39, 0.29) is 36.5 Å². The first-order chi connectivity index (χ1) is 10.6. The highest BCUT2D eigenvalue weighted by Gasteiger charge is 2.22. The van der Waals surface area contributed by atoms with Crippen LogP contribution in [0.5, 0.6) is 0 Å². The quantitative estimate of drug-likeness (QED) is 0.542. The van der Waals surface area contributed by atoms with E-state index in [1.807, 2.05) is 0 Å². The maximum absolute atomic E-state index is 12.0. The molecule has 1 saturated heterocycles. The standard InChI is InChI=1S/C15H22N4O3.ClH/c1-11-6-8-16-10-13(11)18-15(20)7-9-17-12-4-2-3-5-14(12)19(21)22;/h2-5,11,13,16-17H,6-10H2,1H3,(H,18,20);1H. The molecule has 2 atom stereocenters. The molecule has 0 aliphatic carbocycles. The molecule has 2 unspecified atom stereocenters. The van der Waals surface area contributed by atoms with Gasteiger partial charge in [-0.15, -0.1) is 12.4 Å². The zero-order valence-electron chi connectivity index (χ0n) is 13.1. The number of carbonyl (C=O) groups is 1. The summed E-state index contributed by atoms with van der Waals surface area (Å²) in [4.78, 5) is 22.4. The largest absolute Gasteiger partial charge is 0.379 e. The van der Waals surface area contributed by atoms with Crippen LogP contribution in [0.4, 0.5) is 11.4 Å². The Morgan fingerprint density at radius 2 is 2.17 bits per heavy atom. The van der Waals surface area contributed by atoms with Crippen LogP contribution in [0, 0.1) is 16.0 Å². The maximum atomic E-state index is 12.0. The summed E-state index contributed by atoms with van der Waals surface area (Å²) >= 11 is 0. The molecular formula is C15H23ClN4O3. The van der Waals surface area contributed by atoms with Gasteiger partial charge in [0, 0.05) is 31.6 Å². The summed E-state index contributed by atoms with van der Waals surface area (Å²) < 4.78 is 0. The van der Waals surface area contributed by atoms with E-state index in [0.717, 1.165) is 19.5 Å². The number of nitro groups is 1. The van der Waals surface area contributed by atoms with Gasteiger partial charge in [-0.25, -0.2) is 0 Å². The summed E-state index contributed by atoms with van der Waals surface area (Å²) in [6, 6.07) is 6.59. The van der Waals surface area contributed by atoms with Gasteiger partial charge in [-0.05, 0) is 24.9 Å². The third kappa shape index (κ3) is 5.69. The first-order valence-corrected chi connectivity index (χ1v) is 7.55. The Kier molecular flexibility index (Phi) is 7.77. The summed E-state index contributed by atoms with van der Waals surface area (Å²) in [5.74, 6) is 0.431. The fourth-order valence-corrected chi connectivity index (χ4v) is 2.55. The smallest absolute Gasteiger partial charge is 0.292 e. The van der Waals surface area contributed by atoms with Gasteiger partial charge >= 0.3 is 0 Å². The Hall–Kier alpha value is -1.86. The zero-order valence-corrected chi connectivity index (χ0v) is 13.9. The molecule has 1 aliphatic heterocycles. The van der Waals surface area contributed by atoms with E-state index < -0.39 is 4.92 Å². The Morgan fingerprint density at radius 3 is 2.87 bits per heavy atom. The zero-order chi connectivity index (χ0) is 15.9. The van der Waals surface area contributed by atoms with Crippen LogP contribution in [-0.4, -0.2) is 36.5 Å². The average molecular weight is 343 g/mol. The van der Waals surface area contributed by atoms with Gasteiger partial charge in [-0.3, -0.25) is 14.9 Å². The van der Waals surface area contributed by atoms with E-state index in [9.17, 15) is 14.9 Å². The second kappa shape index (κ2) is 9.32. The fraction of sp³-hybridized carbons (Fsp3) is 0.533. The third-order valence-corrected chi connectivity index (χ3v) is 3.94. The Morgan fingerprint density at radius 1 is 1.43 bits per heavy atom. The van der Waals surface area contributed by atoms with Gasteiger partial charge in [0.15, 0.2) is 0 Å². The SMILES string of the molecule is CC1CCNCC1NC(=O)CCNc1ccccc1[N+](=O)[O-].Cl. The van der Waals surface area contributed by atoms with E-state index in [1.165, 1.54) is 6.07 Å². The third-order valence-electron chi connectivity index (χ3n) is 3.94.